The molecular formula is C36H38F3N5O2. The zero-order valence-electron chi connectivity index (χ0n) is 26.1. The van der Waals surface area contributed by atoms with Crippen molar-refractivity contribution >= 4 is 28.5 Å². The van der Waals surface area contributed by atoms with Crippen molar-refractivity contribution in [2.24, 2.45) is 0 Å². The van der Waals surface area contributed by atoms with E-state index in [0.717, 1.165) is 61.1 Å². The van der Waals surface area contributed by atoms with E-state index in [0.29, 0.717) is 34.6 Å². The summed E-state index contributed by atoms with van der Waals surface area (Å²) >= 11 is 0. The molecule has 0 bridgehead atoms. The molecule has 10 heteroatoms. The molecule has 3 aromatic carbocycles. The Morgan fingerprint density at radius 3 is 2.26 bits per heavy atom. The SMILES string of the molecule is CN(C)C(=O)c1ccc(-c2ccc3nc(NCc4ccc(C(F)(F)F)cc4)cc(C(=O)N4CCC[C@H]4CN4CCCC4)c3c2)cc1. The van der Waals surface area contributed by atoms with E-state index in [1.807, 2.05) is 35.2 Å². The van der Waals surface area contributed by atoms with Crippen molar-refractivity contribution in [3.63, 3.8) is 0 Å². The molecule has 0 saturated carbocycles. The number of nitrogens with zero attached hydrogens (tertiary/aromatic N) is 4. The van der Waals surface area contributed by atoms with Crippen LogP contribution < -0.4 is 5.32 Å². The van der Waals surface area contributed by atoms with Crippen molar-refractivity contribution in [2.45, 2.75) is 44.4 Å². The first-order valence-corrected chi connectivity index (χ1v) is 15.8. The minimum absolute atomic E-state index is 0.0456. The zero-order valence-corrected chi connectivity index (χ0v) is 26.1. The Hall–Kier alpha value is -4.44. The van der Waals surface area contributed by atoms with Crippen LogP contribution in [-0.4, -0.2) is 77.8 Å². The second-order valence-corrected chi connectivity index (χ2v) is 12.4. The summed E-state index contributed by atoms with van der Waals surface area (Å²) in [5.74, 6) is 0.355. The van der Waals surface area contributed by atoms with E-state index < -0.39 is 11.7 Å². The molecule has 0 unspecified atom stereocenters. The van der Waals surface area contributed by atoms with E-state index in [9.17, 15) is 22.8 Å². The number of likely N-dealkylation sites (tertiary alicyclic amines) is 2. The van der Waals surface area contributed by atoms with E-state index in [1.165, 1.54) is 29.9 Å². The molecule has 2 saturated heterocycles. The van der Waals surface area contributed by atoms with Gasteiger partial charge < -0.3 is 20.0 Å². The fraction of sp³-hybridized carbons (Fsp3) is 0.361. The van der Waals surface area contributed by atoms with E-state index in [-0.39, 0.29) is 24.4 Å². The Labute approximate surface area is 267 Å². The van der Waals surface area contributed by atoms with Gasteiger partial charge in [0, 0.05) is 50.7 Å². The van der Waals surface area contributed by atoms with Gasteiger partial charge in [-0.3, -0.25) is 9.59 Å². The maximum Gasteiger partial charge on any atom is 0.416 e. The highest BCUT2D eigenvalue weighted by Gasteiger charge is 2.33. The first-order valence-electron chi connectivity index (χ1n) is 15.8. The van der Waals surface area contributed by atoms with Crippen molar-refractivity contribution in [1.29, 1.82) is 0 Å². The smallest absolute Gasteiger partial charge is 0.366 e. The lowest BCUT2D eigenvalue weighted by Gasteiger charge is -2.29. The minimum Gasteiger partial charge on any atom is -0.366 e. The Bertz CT molecular complexity index is 1720. The van der Waals surface area contributed by atoms with Crippen LogP contribution in [0.4, 0.5) is 19.0 Å². The highest BCUT2D eigenvalue weighted by Crippen LogP contribution is 2.32. The van der Waals surface area contributed by atoms with Crippen LogP contribution in [0.25, 0.3) is 22.0 Å². The Kier molecular flexibility index (Phi) is 8.99. The van der Waals surface area contributed by atoms with E-state index in [4.69, 9.17) is 4.98 Å². The molecule has 0 radical (unpaired) electrons. The molecule has 7 nitrogen and oxygen atoms in total. The van der Waals surface area contributed by atoms with Gasteiger partial charge in [-0.15, -0.1) is 0 Å². The average Bonchev–Trinajstić information content (AvgIpc) is 3.75. The topological polar surface area (TPSA) is 68.8 Å². The van der Waals surface area contributed by atoms with Gasteiger partial charge in [0.25, 0.3) is 11.8 Å². The lowest BCUT2D eigenvalue weighted by atomic mass is 9.99. The van der Waals surface area contributed by atoms with Gasteiger partial charge in [0.05, 0.1) is 16.6 Å². The van der Waals surface area contributed by atoms with Gasteiger partial charge in [0.15, 0.2) is 0 Å². The molecule has 1 N–H and O–H groups in total. The van der Waals surface area contributed by atoms with Crippen LogP contribution in [0, 0.1) is 0 Å². The summed E-state index contributed by atoms with van der Waals surface area (Å²) in [6, 6.07) is 20.1. The minimum atomic E-state index is -4.39. The molecular weight excluding hydrogens is 591 g/mol. The summed E-state index contributed by atoms with van der Waals surface area (Å²) in [4.78, 5) is 37.5. The fourth-order valence-corrected chi connectivity index (χ4v) is 6.45. The number of carbonyl (C=O) groups excluding carboxylic acids is 2. The molecule has 0 spiro atoms. The second-order valence-electron chi connectivity index (χ2n) is 12.4. The molecule has 6 rings (SSSR count). The van der Waals surface area contributed by atoms with E-state index in [2.05, 4.69) is 10.2 Å². The largest absolute Gasteiger partial charge is 0.416 e. The summed E-state index contributed by atoms with van der Waals surface area (Å²) in [6.07, 6.45) is -0.0929. The van der Waals surface area contributed by atoms with Crippen molar-refractivity contribution in [1.82, 2.24) is 19.7 Å². The lowest BCUT2D eigenvalue weighted by Crippen LogP contribution is -2.42. The quantitative estimate of drug-likeness (QED) is 0.229. The summed E-state index contributed by atoms with van der Waals surface area (Å²) in [5, 5.41) is 3.96. The summed E-state index contributed by atoms with van der Waals surface area (Å²) in [6.45, 7) is 3.95. The van der Waals surface area contributed by atoms with Crippen molar-refractivity contribution in [3.05, 3.63) is 95.1 Å². The van der Waals surface area contributed by atoms with Crippen molar-refractivity contribution < 1.29 is 22.8 Å². The van der Waals surface area contributed by atoms with E-state index >= 15 is 0 Å². The fourth-order valence-electron chi connectivity index (χ4n) is 6.45. The molecule has 3 heterocycles. The maximum absolute atomic E-state index is 14.3. The predicted octanol–water partition coefficient (Wildman–Crippen LogP) is 6.93. The Morgan fingerprint density at radius 1 is 0.891 bits per heavy atom. The van der Waals surface area contributed by atoms with Crippen LogP contribution in [0.5, 0.6) is 0 Å². The third kappa shape index (κ3) is 6.87. The number of halogens is 3. The van der Waals surface area contributed by atoms with Gasteiger partial charge in [-0.25, -0.2) is 4.98 Å². The van der Waals surface area contributed by atoms with Gasteiger partial charge in [0.1, 0.15) is 5.82 Å². The number of amides is 2. The first-order chi connectivity index (χ1) is 22.1. The van der Waals surface area contributed by atoms with Crippen LogP contribution in [0.2, 0.25) is 0 Å². The van der Waals surface area contributed by atoms with Crippen molar-refractivity contribution in [3.8, 4) is 11.1 Å². The molecule has 4 aromatic rings. The Morgan fingerprint density at radius 2 is 1.59 bits per heavy atom. The molecule has 1 aromatic heterocycles. The maximum atomic E-state index is 14.3. The number of carbonyl (C=O) groups is 2. The third-order valence-electron chi connectivity index (χ3n) is 8.97. The normalized spacial score (nSPS) is 17.1. The van der Waals surface area contributed by atoms with Gasteiger partial charge in [-0.05, 0) is 97.9 Å². The van der Waals surface area contributed by atoms with Crippen LogP contribution in [-0.2, 0) is 12.7 Å². The number of pyridine rings is 1. The number of fused-ring (bicyclic) bond motifs is 1. The summed E-state index contributed by atoms with van der Waals surface area (Å²) in [5.41, 5.74) is 3.54. The van der Waals surface area contributed by atoms with Crippen LogP contribution in [0.15, 0.2) is 72.8 Å². The second kappa shape index (κ2) is 13.1. The van der Waals surface area contributed by atoms with Gasteiger partial charge in [-0.2, -0.15) is 13.2 Å². The summed E-state index contributed by atoms with van der Waals surface area (Å²) < 4.78 is 39.1. The number of anilines is 1. The number of hydrogen-bond donors (Lipinski definition) is 1. The van der Waals surface area contributed by atoms with Crippen LogP contribution in [0.3, 0.4) is 0 Å². The van der Waals surface area contributed by atoms with Gasteiger partial charge in [0.2, 0.25) is 0 Å². The van der Waals surface area contributed by atoms with E-state index in [1.54, 1.807) is 32.3 Å². The number of nitrogens with one attached hydrogen (secondary N) is 1. The molecule has 46 heavy (non-hydrogen) atoms. The number of hydrogen-bond acceptors (Lipinski definition) is 5. The van der Waals surface area contributed by atoms with Crippen molar-refractivity contribution in [2.75, 3.05) is 45.6 Å². The van der Waals surface area contributed by atoms with Gasteiger partial charge in [-0.1, -0.05) is 30.3 Å². The predicted molar refractivity (Wildman–Crippen MR) is 174 cm³/mol. The van der Waals surface area contributed by atoms with Crippen LogP contribution in [0.1, 0.15) is 57.5 Å². The number of aromatic nitrogens is 1. The molecule has 2 amide bonds. The number of rotatable bonds is 8. The lowest BCUT2D eigenvalue weighted by molar-refractivity contribution is -0.137. The highest BCUT2D eigenvalue weighted by atomic mass is 19.4. The third-order valence-corrected chi connectivity index (χ3v) is 8.97. The standard InChI is InChI=1S/C36H38F3N5O2/c1-42(2)34(45)26-11-9-25(10-12-26)27-13-16-32-30(20-27)31(35(46)44-19-5-6-29(44)23-43-17-3-4-18-43)21-33(41-32)40-22-24-7-14-28(15-8-24)36(37,38)39/h7-16,20-21,29H,3-6,17-19,22-23H2,1-2H3,(H,40,41)/t29-/m0/s1. The number of alkyl halides is 3. The monoisotopic (exact) mass is 629 g/mol. The molecule has 240 valence electrons. The molecule has 2 aliphatic heterocycles. The molecule has 1 atom stereocenters. The zero-order chi connectivity index (χ0) is 32.4. The van der Waals surface area contributed by atoms with Crippen LogP contribution >= 0.6 is 0 Å². The molecule has 0 aliphatic carbocycles. The average molecular weight is 630 g/mol. The highest BCUT2D eigenvalue weighted by molar-refractivity contribution is 6.08. The molecule has 2 aliphatic rings. The Balaban J connectivity index is 1.33. The first kappa shape index (κ1) is 31.5. The summed E-state index contributed by atoms with van der Waals surface area (Å²) in [7, 11) is 3.43. The van der Waals surface area contributed by atoms with Gasteiger partial charge >= 0.3 is 6.18 Å². The number of benzene rings is 3. The molecule has 2 fully saturated rings.